The van der Waals surface area contributed by atoms with E-state index in [9.17, 15) is 19.1 Å². The molecule has 0 aromatic heterocycles. The number of halogens is 1. The number of para-hydroxylation sites is 1. The summed E-state index contributed by atoms with van der Waals surface area (Å²) in [6, 6.07) is 17.5. The average Bonchev–Trinajstić information content (AvgIpc) is 3.01. The van der Waals surface area contributed by atoms with E-state index in [2.05, 4.69) is 0 Å². The first kappa shape index (κ1) is 21.5. The van der Waals surface area contributed by atoms with Gasteiger partial charge in [-0.2, -0.15) is 0 Å². The summed E-state index contributed by atoms with van der Waals surface area (Å²) < 4.78 is 24.7. The normalized spacial score (nSPS) is 17.2. The number of hydrogen-bond donors (Lipinski definition) is 1. The Hall–Kier alpha value is -3.71. The van der Waals surface area contributed by atoms with Crippen molar-refractivity contribution in [1.29, 1.82) is 0 Å². The van der Waals surface area contributed by atoms with Gasteiger partial charge < -0.3 is 19.5 Å². The summed E-state index contributed by atoms with van der Waals surface area (Å²) in [5.41, 5.74) is -0.799. The summed E-state index contributed by atoms with van der Waals surface area (Å²) in [5.74, 6) is -0.812. The standard InChI is InChI=1S/C25H22FNO5/c1-31-17-11-12-18(23(13-17)32-2)22(28)14-25(30)19-8-4-6-10-21(19)27(24(25)29)15-16-7-3-5-9-20(16)26/h3-13,30H,14-15H2,1-2H3/t25-/m0/s1. The van der Waals surface area contributed by atoms with Crippen molar-refractivity contribution in [3.8, 4) is 11.5 Å². The number of Topliss-reactive ketones (excluding diaryl/α,β-unsaturated/α-hetero) is 1. The van der Waals surface area contributed by atoms with Crippen LogP contribution in [0, 0.1) is 5.82 Å². The first-order valence-electron chi connectivity index (χ1n) is 10.0. The quantitative estimate of drug-likeness (QED) is 0.571. The van der Waals surface area contributed by atoms with E-state index >= 15 is 0 Å². The minimum atomic E-state index is -2.08. The third-order valence-corrected chi connectivity index (χ3v) is 5.65. The van der Waals surface area contributed by atoms with E-state index in [0.717, 1.165) is 0 Å². The van der Waals surface area contributed by atoms with Crippen LogP contribution in [0.2, 0.25) is 0 Å². The van der Waals surface area contributed by atoms with E-state index in [1.165, 1.54) is 31.3 Å². The molecule has 0 radical (unpaired) electrons. The maximum absolute atomic E-state index is 14.2. The molecule has 0 fully saturated rings. The number of carbonyl (C=O) groups excluding carboxylic acids is 2. The Morgan fingerprint density at radius 2 is 1.75 bits per heavy atom. The Morgan fingerprint density at radius 3 is 2.47 bits per heavy atom. The molecule has 164 valence electrons. The number of carbonyl (C=O) groups is 2. The molecule has 1 atom stereocenters. The molecule has 0 bridgehead atoms. The van der Waals surface area contributed by atoms with Crippen LogP contribution in [0.25, 0.3) is 0 Å². The molecule has 0 unspecified atom stereocenters. The smallest absolute Gasteiger partial charge is 0.264 e. The highest BCUT2D eigenvalue weighted by Crippen LogP contribution is 2.44. The molecule has 1 N–H and O–H groups in total. The monoisotopic (exact) mass is 435 g/mol. The Balaban J connectivity index is 1.69. The topological polar surface area (TPSA) is 76.1 Å². The zero-order valence-electron chi connectivity index (χ0n) is 17.7. The van der Waals surface area contributed by atoms with Crippen molar-refractivity contribution in [2.24, 2.45) is 0 Å². The lowest BCUT2D eigenvalue weighted by Gasteiger charge is -2.23. The number of methoxy groups -OCH3 is 2. The lowest BCUT2D eigenvalue weighted by molar-refractivity contribution is -0.136. The van der Waals surface area contributed by atoms with E-state index in [1.807, 2.05) is 0 Å². The number of anilines is 1. The van der Waals surface area contributed by atoms with E-state index in [1.54, 1.807) is 54.6 Å². The molecule has 0 spiro atoms. The first-order valence-corrected chi connectivity index (χ1v) is 10.0. The van der Waals surface area contributed by atoms with Crippen molar-refractivity contribution >= 4 is 17.4 Å². The minimum absolute atomic E-state index is 0.0646. The summed E-state index contributed by atoms with van der Waals surface area (Å²) in [4.78, 5) is 27.8. The summed E-state index contributed by atoms with van der Waals surface area (Å²) in [6.07, 6.45) is -0.487. The van der Waals surface area contributed by atoms with Crippen molar-refractivity contribution in [2.45, 2.75) is 18.6 Å². The molecule has 4 rings (SSSR count). The van der Waals surface area contributed by atoms with E-state index in [4.69, 9.17) is 9.47 Å². The molecule has 6 nitrogen and oxygen atoms in total. The summed E-state index contributed by atoms with van der Waals surface area (Å²) in [7, 11) is 2.92. The van der Waals surface area contributed by atoms with Crippen LogP contribution in [0.15, 0.2) is 66.7 Å². The van der Waals surface area contributed by atoms with Gasteiger partial charge in [0.2, 0.25) is 0 Å². The molecule has 1 aliphatic rings. The number of hydrogen-bond acceptors (Lipinski definition) is 5. The second-order valence-corrected chi connectivity index (χ2v) is 7.53. The molecule has 0 saturated heterocycles. The second-order valence-electron chi connectivity index (χ2n) is 7.53. The molecule has 0 aliphatic carbocycles. The summed E-state index contributed by atoms with van der Waals surface area (Å²) in [5, 5.41) is 11.5. The molecular formula is C25H22FNO5. The van der Waals surface area contributed by atoms with Gasteiger partial charge >= 0.3 is 0 Å². The van der Waals surface area contributed by atoms with Crippen LogP contribution in [0.1, 0.15) is 27.9 Å². The lowest BCUT2D eigenvalue weighted by atomic mass is 9.88. The van der Waals surface area contributed by atoms with Gasteiger partial charge in [0, 0.05) is 17.2 Å². The van der Waals surface area contributed by atoms with Crippen molar-refractivity contribution in [3.63, 3.8) is 0 Å². The number of ketones is 1. The van der Waals surface area contributed by atoms with Crippen LogP contribution in [-0.4, -0.2) is 31.0 Å². The Morgan fingerprint density at radius 1 is 1.03 bits per heavy atom. The highest BCUT2D eigenvalue weighted by atomic mass is 19.1. The zero-order valence-corrected chi connectivity index (χ0v) is 17.7. The second kappa shape index (κ2) is 8.43. The van der Waals surface area contributed by atoms with Gasteiger partial charge in [-0.1, -0.05) is 36.4 Å². The highest BCUT2D eigenvalue weighted by molar-refractivity contribution is 6.11. The van der Waals surface area contributed by atoms with Crippen LogP contribution in [0.3, 0.4) is 0 Å². The minimum Gasteiger partial charge on any atom is -0.497 e. The Bertz CT molecular complexity index is 1190. The molecule has 32 heavy (non-hydrogen) atoms. The van der Waals surface area contributed by atoms with Gasteiger partial charge in [-0.25, -0.2) is 4.39 Å². The summed E-state index contributed by atoms with van der Waals surface area (Å²) >= 11 is 0. The first-order chi connectivity index (χ1) is 15.4. The van der Waals surface area contributed by atoms with Crippen LogP contribution in [0.5, 0.6) is 11.5 Å². The molecule has 1 amide bonds. The third kappa shape index (κ3) is 3.61. The number of fused-ring (bicyclic) bond motifs is 1. The maximum Gasteiger partial charge on any atom is 0.264 e. The molecule has 0 saturated carbocycles. The van der Waals surface area contributed by atoms with Crippen molar-refractivity contribution < 1.29 is 28.6 Å². The average molecular weight is 435 g/mol. The number of nitrogens with zero attached hydrogens (tertiary/aromatic N) is 1. The fourth-order valence-corrected chi connectivity index (χ4v) is 3.99. The van der Waals surface area contributed by atoms with Gasteiger partial charge in [-0.05, 0) is 24.3 Å². The van der Waals surface area contributed by atoms with Crippen molar-refractivity contribution in [2.75, 3.05) is 19.1 Å². The zero-order chi connectivity index (χ0) is 22.9. The Kier molecular flexibility index (Phi) is 5.67. The number of ether oxygens (including phenoxy) is 2. The van der Waals surface area contributed by atoms with Gasteiger partial charge in [-0.15, -0.1) is 0 Å². The fourth-order valence-electron chi connectivity index (χ4n) is 3.99. The molecular weight excluding hydrogens is 413 g/mol. The fraction of sp³-hybridized carbons (Fsp3) is 0.200. The molecule has 1 heterocycles. The SMILES string of the molecule is COc1ccc(C(=O)C[C@@]2(O)C(=O)N(Cc3ccccc3F)c3ccccc32)c(OC)c1. The van der Waals surface area contributed by atoms with Crippen LogP contribution in [0.4, 0.5) is 10.1 Å². The predicted molar refractivity (Wildman–Crippen MR) is 116 cm³/mol. The Labute approximate surface area is 184 Å². The molecule has 1 aliphatic heterocycles. The summed E-state index contributed by atoms with van der Waals surface area (Å²) in [6.45, 7) is -0.0646. The maximum atomic E-state index is 14.2. The molecule has 3 aromatic carbocycles. The van der Waals surface area contributed by atoms with Crippen molar-refractivity contribution in [1.82, 2.24) is 0 Å². The van der Waals surface area contributed by atoms with E-state index in [-0.39, 0.29) is 17.9 Å². The van der Waals surface area contributed by atoms with Crippen molar-refractivity contribution in [3.05, 3.63) is 89.2 Å². The van der Waals surface area contributed by atoms with Crippen LogP contribution < -0.4 is 14.4 Å². The van der Waals surface area contributed by atoms with E-state index in [0.29, 0.717) is 22.6 Å². The third-order valence-electron chi connectivity index (χ3n) is 5.65. The van der Waals surface area contributed by atoms with Crippen LogP contribution in [-0.2, 0) is 16.9 Å². The predicted octanol–water partition coefficient (Wildman–Crippen LogP) is 3.85. The number of rotatable bonds is 7. The highest BCUT2D eigenvalue weighted by Gasteiger charge is 2.51. The van der Waals surface area contributed by atoms with Gasteiger partial charge in [-0.3, -0.25) is 9.59 Å². The van der Waals surface area contributed by atoms with E-state index < -0.39 is 29.5 Å². The van der Waals surface area contributed by atoms with Crippen LogP contribution >= 0.6 is 0 Å². The van der Waals surface area contributed by atoms with Gasteiger partial charge in [0.15, 0.2) is 11.4 Å². The van der Waals surface area contributed by atoms with Gasteiger partial charge in [0.05, 0.1) is 38.4 Å². The van der Waals surface area contributed by atoms with Gasteiger partial charge in [0.25, 0.3) is 5.91 Å². The number of benzene rings is 3. The lowest BCUT2D eigenvalue weighted by Crippen LogP contribution is -2.41. The molecule has 3 aromatic rings. The largest absolute Gasteiger partial charge is 0.497 e. The number of aliphatic hydroxyl groups is 1. The number of amides is 1. The molecule has 7 heteroatoms. The van der Waals surface area contributed by atoms with Gasteiger partial charge in [0.1, 0.15) is 17.3 Å².